The van der Waals surface area contributed by atoms with Crippen molar-refractivity contribution in [2.24, 2.45) is 0 Å². The van der Waals surface area contributed by atoms with Gasteiger partial charge in [0.25, 0.3) is 0 Å². The summed E-state index contributed by atoms with van der Waals surface area (Å²) in [6.45, 7) is 4.84. The van der Waals surface area contributed by atoms with Gasteiger partial charge in [-0.25, -0.2) is 9.59 Å². The summed E-state index contributed by atoms with van der Waals surface area (Å²) < 4.78 is 15.5. The van der Waals surface area contributed by atoms with Crippen LogP contribution in [0.2, 0.25) is 0 Å². The van der Waals surface area contributed by atoms with E-state index < -0.39 is 34.0 Å². The molecule has 1 amide bonds. The highest BCUT2D eigenvalue weighted by molar-refractivity contribution is 5.85. The molecule has 1 aromatic rings. The second kappa shape index (κ2) is 6.54. The molecule has 1 fully saturated rings. The maximum atomic E-state index is 12.1. The van der Waals surface area contributed by atoms with E-state index in [1.807, 2.05) is 0 Å². The number of pyridine rings is 1. The van der Waals surface area contributed by atoms with E-state index in [9.17, 15) is 19.7 Å². The number of nitrogens with zero attached hydrogens (tertiary/aromatic N) is 3. The molecular weight excluding hydrogens is 334 g/mol. The van der Waals surface area contributed by atoms with Crippen LogP contribution in [0.25, 0.3) is 0 Å². The van der Waals surface area contributed by atoms with Gasteiger partial charge in [-0.15, -0.1) is 0 Å². The highest BCUT2D eigenvalue weighted by Crippen LogP contribution is 2.34. The van der Waals surface area contributed by atoms with Crippen LogP contribution < -0.4 is 4.74 Å². The summed E-state index contributed by atoms with van der Waals surface area (Å²) in [5.41, 5.74) is -2.23. The van der Waals surface area contributed by atoms with Gasteiger partial charge in [-0.2, -0.15) is 0 Å². The van der Waals surface area contributed by atoms with Crippen LogP contribution in [0.5, 0.6) is 5.75 Å². The fourth-order valence-corrected chi connectivity index (χ4v) is 2.26. The van der Waals surface area contributed by atoms with Crippen LogP contribution in [0.4, 0.5) is 10.6 Å². The Morgan fingerprint density at radius 1 is 1.36 bits per heavy atom. The number of amides is 1. The van der Waals surface area contributed by atoms with Crippen molar-refractivity contribution >= 4 is 17.9 Å². The van der Waals surface area contributed by atoms with Gasteiger partial charge in [0, 0.05) is 0 Å². The summed E-state index contributed by atoms with van der Waals surface area (Å²) in [5.74, 6) is -1.45. The van der Waals surface area contributed by atoms with E-state index in [2.05, 4.69) is 4.98 Å². The molecule has 0 radical (unpaired) electrons. The molecule has 25 heavy (non-hydrogen) atoms. The molecule has 1 aromatic heterocycles. The number of aromatic nitrogens is 1. The van der Waals surface area contributed by atoms with E-state index in [-0.39, 0.29) is 18.8 Å². The molecule has 0 unspecified atom stereocenters. The zero-order chi connectivity index (χ0) is 18.8. The van der Waals surface area contributed by atoms with Crippen molar-refractivity contribution < 1.29 is 28.7 Å². The van der Waals surface area contributed by atoms with Crippen molar-refractivity contribution in [3.05, 3.63) is 28.4 Å². The van der Waals surface area contributed by atoms with Crippen LogP contribution in [0.1, 0.15) is 20.8 Å². The number of hydrogen-bond donors (Lipinski definition) is 0. The molecular formula is C15H19N3O7. The molecule has 2 heterocycles. The van der Waals surface area contributed by atoms with Crippen LogP contribution in [-0.2, 0) is 14.3 Å². The number of methoxy groups -OCH3 is 1. The third kappa shape index (κ3) is 3.95. The van der Waals surface area contributed by atoms with Crippen LogP contribution in [0, 0.1) is 10.1 Å². The average Bonchev–Trinajstić information content (AvgIpc) is 2.48. The van der Waals surface area contributed by atoms with Crippen molar-refractivity contribution in [1.82, 2.24) is 9.88 Å². The molecule has 10 nitrogen and oxygen atoms in total. The number of nitro groups is 1. The third-order valence-corrected chi connectivity index (χ3v) is 3.33. The second-order valence-electron chi connectivity index (χ2n) is 6.51. The SMILES string of the molecule is COC(=O)C1(Oc2cccnc2[N+](=O)[O-])CN(C(=O)OC(C)(C)C)C1. The Balaban J connectivity index is 2.19. The number of esters is 1. The molecule has 0 aromatic carbocycles. The fourth-order valence-electron chi connectivity index (χ4n) is 2.26. The van der Waals surface area contributed by atoms with Gasteiger partial charge in [0.2, 0.25) is 11.4 Å². The van der Waals surface area contributed by atoms with Crippen molar-refractivity contribution in [1.29, 1.82) is 0 Å². The lowest BCUT2D eigenvalue weighted by molar-refractivity contribution is -0.391. The molecule has 1 aliphatic heterocycles. The Morgan fingerprint density at radius 3 is 2.52 bits per heavy atom. The van der Waals surface area contributed by atoms with Crippen LogP contribution >= 0.6 is 0 Å². The Kier molecular flexibility index (Phi) is 4.82. The van der Waals surface area contributed by atoms with E-state index in [0.29, 0.717) is 0 Å². The summed E-state index contributed by atoms with van der Waals surface area (Å²) in [5, 5.41) is 11.0. The monoisotopic (exact) mass is 353 g/mol. The smallest absolute Gasteiger partial charge is 0.410 e. The zero-order valence-corrected chi connectivity index (χ0v) is 14.3. The fraction of sp³-hybridized carbons (Fsp3) is 0.533. The van der Waals surface area contributed by atoms with E-state index in [1.165, 1.54) is 30.3 Å². The third-order valence-electron chi connectivity index (χ3n) is 3.33. The first-order valence-corrected chi connectivity index (χ1v) is 7.43. The number of hydrogen-bond acceptors (Lipinski definition) is 8. The van der Waals surface area contributed by atoms with Crippen LogP contribution in [-0.4, -0.2) is 58.3 Å². The summed E-state index contributed by atoms with van der Waals surface area (Å²) in [6, 6.07) is 2.77. The summed E-state index contributed by atoms with van der Waals surface area (Å²) in [7, 11) is 1.17. The van der Waals surface area contributed by atoms with Gasteiger partial charge in [-0.1, -0.05) is 0 Å². The summed E-state index contributed by atoms with van der Waals surface area (Å²) in [6.07, 6.45) is 0.625. The molecule has 136 valence electrons. The van der Waals surface area contributed by atoms with E-state index in [4.69, 9.17) is 14.2 Å². The van der Waals surface area contributed by atoms with Crippen LogP contribution in [0.15, 0.2) is 18.3 Å². The standard InChI is InChI=1S/C15H19N3O7/c1-14(2,3)25-13(20)17-8-15(9-17,12(19)23-4)24-10-6-5-7-16-11(10)18(21)22/h5-7H,8-9H2,1-4H3. The molecule has 0 N–H and O–H groups in total. The molecule has 1 saturated heterocycles. The second-order valence-corrected chi connectivity index (χ2v) is 6.51. The number of carbonyl (C=O) groups excluding carboxylic acids is 2. The molecule has 1 aliphatic rings. The minimum absolute atomic E-state index is 0.152. The number of carbonyl (C=O) groups is 2. The molecule has 0 atom stereocenters. The Bertz CT molecular complexity index is 693. The van der Waals surface area contributed by atoms with Gasteiger partial charge in [0.1, 0.15) is 11.8 Å². The largest absolute Gasteiger partial charge is 0.466 e. The zero-order valence-electron chi connectivity index (χ0n) is 14.3. The lowest BCUT2D eigenvalue weighted by Gasteiger charge is -2.46. The molecule has 10 heteroatoms. The number of ether oxygens (including phenoxy) is 3. The number of likely N-dealkylation sites (tertiary alicyclic amines) is 1. The maximum Gasteiger partial charge on any atom is 0.410 e. The van der Waals surface area contributed by atoms with Gasteiger partial charge in [0.15, 0.2) is 0 Å². The van der Waals surface area contributed by atoms with Crippen molar-refractivity contribution in [3.63, 3.8) is 0 Å². The van der Waals surface area contributed by atoms with Gasteiger partial charge in [-0.05, 0) is 42.8 Å². The quantitative estimate of drug-likeness (QED) is 0.454. The maximum absolute atomic E-state index is 12.1. The minimum Gasteiger partial charge on any atom is -0.466 e. The topological polar surface area (TPSA) is 121 Å². The normalized spacial score (nSPS) is 15.8. The summed E-state index contributed by atoms with van der Waals surface area (Å²) in [4.78, 5) is 39.4. The first-order valence-electron chi connectivity index (χ1n) is 7.43. The van der Waals surface area contributed by atoms with Gasteiger partial charge < -0.3 is 24.3 Å². The van der Waals surface area contributed by atoms with Crippen molar-refractivity contribution in [2.75, 3.05) is 20.2 Å². The van der Waals surface area contributed by atoms with Crippen molar-refractivity contribution in [2.45, 2.75) is 32.0 Å². The molecule has 0 bridgehead atoms. The van der Waals surface area contributed by atoms with Crippen LogP contribution in [0.3, 0.4) is 0 Å². The summed E-state index contributed by atoms with van der Waals surface area (Å²) >= 11 is 0. The lowest BCUT2D eigenvalue weighted by atomic mass is 9.94. The molecule has 0 saturated carbocycles. The Labute approximate surface area is 143 Å². The van der Waals surface area contributed by atoms with Crippen molar-refractivity contribution in [3.8, 4) is 5.75 Å². The highest BCUT2D eigenvalue weighted by Gasteiger charge is 2.56. The van der Waals surface area contributed by atoms with Gasteiger partial charge in [0.05, 0.1) is 20.2 Å². The Hall–Kier alpha value is -2.91. The predicted molar refractivity (Wildman–Crippen MR) is 84.1 cm³/mol. The average molecular weight is 353 g/mol. The number of rotatable bonds is 4. The molecule has 2 rings (SSSR count). The van der Waals surface area contributed by atoms with E-state index in [1.54, 1.807) is 20.8 Å². The predicted octanol–water partition coefficient (Wildman–Crippen LogP) is 1.53. The first kappa shape index (κ1) is 18.4. The Morgan fingerprint density at radius 2 is 2.00 bits per heavy atom. The van der Waals surface area contributed by atoms with Gasteiger partial charge in [-0.3, -0.25) is 4.90 Å². The molecule has 0 spiro atoms. The van der Waals surface area contributed by atoms with E-state index >= 15 is 0 Å². The lowest BCUT2D eigenvalue weighted by Crippen LogP contribution is -2.71. The minimum atomic E-state index is -1.54. The molecule has 0 aliphatic carbocycles. The highest BCUT2D eigenvalue weighted by atomic mass is 16.6. The van der Waals surface area contributed by atoms with E-state index in [0.717, 1.165) is 0 Å². The first-order chi connectivity index (χ1) is 11.6. The van der Waals surface area contributed by atoms with Gasteiger partial charge >= 0.3 is 17.9 Å².